The Labute approximate surface area is 150 Å². The molecule has 3 fully saturated rings. The highest BCUT2D eigenvalue weighted by Crippen LogP contribution is 2.38. The molecule has 2 saturated heterocycles. The number of piperidine rings is 1. The topological polar surface area (TPSA) is 43.8 Å². The van der Waals surface area contributed by atoms with Gasteiger partial charge in [0.05, 0.1) is 12.1 Å². The molecule has 1 saturated carbocycles. The van der Waals surface area contributed by atoms with Crippen molar-refractivity contribution in [2.24, 2.45) is 11.8 Å². The maximum atomic E-state index is 13.1. The lowest BCUT2D eigenvalue weighted by atomic mass is 9.87. The highest BCUT2D eigenvalue weighted by Gasteiger charge is 2.43. The summed E-state index contributed by atoms with van der Waals surface area (Å²) in [4.78, 5) is 17.6. The van der Waals surface area contributed by atoms with E-state index in [0.717, 1.165) is 44.6 Å². The van der Waals surface area contributed by atoms with Crippen LogP contribution in [0.5, 0.6) is 0 Å². The van der Waals surface area contributed by atoms with E-state index in [9.17, 15) is 9.90 Å². The van der Waals surface area contributed by atoms with Crippen LogP contribution in [0.25, 0.3) is 0 Å². The van der Waals surface area contributed by atoms with Crippen LogP contribution >= 0.6 is 0 Å². The molecule has 0 bridgehead atoms. The molecule has 4 nitrogen and oxygen atoms in total. The lowest BCUT2D eigenvalue weighted by Crippen LogP contribution is -2.51. The first-order chi connectivity index (χ1) is 12.2. The Hall–Kier alpha value is -1.39. The molecule has 0 spiro atoms. The number of hydrogen-bond donors (Lipinski definition) is 1. The standard InChI is InChI=1S/C21H30N2O2/c24-20(17-6-2-1-3-7-17)18-10-14-23(15-11-18)21(25)19(16-8-9-16)22-12-4-5-13-22/h1-3,6-7,16,18-20,24H,4-5,8-15H2. The highest BCUT2D eigenvalue weighted by atomic mass is 16.3. The van der Waals surface area contributed by atoms with Gasteiger partial charge in [0.2, 0.25) is 5.91 Å². The van der Waals surface area contributed by atoms with E-state index in [4.69, 9.17) is 0 Å². The van der Waals surface area contributed by atoms with E-state index >= 15 is 0 Å². The smallest absolute Gasteiger partial charge is 0.240 e. The van der Waals surface area contributed by atoms with Gasteiger partial charge in [0.25, 0.3) is 0 Å². The molecule has 1 aromatic rings. The second-order valence-corrected chi connectivity index (χ2v) is 8.04. The van der Waals surface area contributed by atoms with E-state index in [-0.39, 0.29) is 12.0 Å². The largest absolute Gasteiger partial charge is 0.388 e. The van der Waals surface area contributed by atoms with E-state index in [2.05, 4.69) is 9.80 Å². The molecule has 4 rings (SSSR count). The van der Waals surface area contributed by atoms with Crippen molar-refractivity contribution in [1.82, 2.24) is 9.80 Å². The number of hydrogen-bond acceptors (Lipinski definition) is 3. The van der Waals surface area contributed by atoms with Crippen molar-refractivity contribution in [3.05, 3.63) is 35.9 Å². The van der Waals surface area contributed by atoms with E-state index in [1.807, 2.05) is 30.3 Å². The normalized spacial score (nSPS) is 25.1. The second-order valence-electron chi connectivity index (χ2n) is 8.04. The van der Waals surface area contributed by atoms with Gasteiger partial charge in [0, 0.05) is 13.1 Å². The lowest BCUT2D eigenvalue weighted by molar-refractivity contribution is -0.139. The molecule has 2 heterocycles. The third-order valence-corrected chi connectivity index (χ3v) is 6.29. The fourth-order valence-electron chi connectivity index (χ4n) is 4.63. The van der Waals surface area contributed by atoms with Crippen LogP contribution in [-0.2, 0) is 4.79 Å². The van der Waals surface area contributed by atoms with Crippen LogP contribution in [0.15, 0.2) is 30.3 Å². The molecule has 1 aliphatic carbocycles. The lowest BCUT2D eigenvalue weighted by Gasteiger charge is -2.38. The number of amides is 1. The van der Waals surface area contributed by atoms with E-state index in [0.29, 0.717) is 11.8 Å². The summed E-state index contributed by atoms with van der Waals surface area (Å²) in [5, 5.41) is 10.6. The Balaban J connectivity index is 1.35. The zero-order chi connectivity index (χ0) is 17.2. The van der Waals surface area contributed by atoms with E-state index in [1.54, 1.807) is 0 Å². The minimum Gasteiger partial charge on any atom is -0.388 e. The zero-order valence-corrected chi connectivity index (χ0v) is 15.0. The van der Waals surface area contributed by atoms with Crippen molar-refractivity contribution in [1.29, 1.82) is 0 Å². The van der Waals surface area contributed by atoms with Crippen LogP contribution in [-0.4, -0.2) is 53.0 Å². The molecule has 25 heavy (non-hydrogen) atoms. The number of benzene rings is 1. The molecule has 0 radical (unpaired) electrons. The molecule has 1 amide bonds. The number of aliphatic hydroxyl groups is 1. The van der Waals surface area contributed by atoms with E-state index in [1.165, 1.54) is 25.7 Å². The minimum absolute atomic E-state index is 0.137. The monoisotopic (exact) mass is 342 g/mol. The van der Waals surface area contributed by atoms with Crippen LogP contribution < -0.4 is 0 Å². The number of nitrogens with zero attached hydrogens (tertiary/aromatic N) is 2. The Morgan fingerprint density at radius 2 is 1.56 bits per heavy atom. The van der Waals surface area contributed by atoms with Crippen LogP contribution in [0, 0.1) is 11.8 Å². The third-order valence-electron chi connectivity index (χ3n) is 6.29. The van der Waals surface area contributed by atoms with Crippen molar-refractivity contribution in [2.75, 3.05) is 26.2 Å². The molecular weight excluding hydrogens is 312 g/mol. The summed E-state index contributed by atoms with van der Waals surface area (Å²) >= 11 is 0. The molecule has 1 N–H and O–H groups in total. The summed E-state index contributed by atoms with van der Waals surface area (Å²) in [7, 11) is 0. The van der Waals surface area contributed by atoms with Gasteiger partial charge in [-0.2, -0.15) is 0 Å². The van der Waals surface area contributed by atoms with Gasteiger partial charge in [-0.25, -0.2) is 0 Å². The Bertz CT molecular complexity index is 573. The van der Waals surface area contributed by atoms with Gasteiger partial charge in [-0.1, -0.05) is 30.3 Å². The van der Waals surface area contributed by atoms with Crippen LogP contribution in [0.1, 0.15) is 50.2 Å². The molecule has 3 aliphatic rings. The minimum atomic E-state index is -0.406. The molecule has 2 aliphatic heterocycles. The van der Waals surface area contributed by atoms with Crippen molar-refractivity contribution in [3.63, 3.8) is 0 Å². The third kappa shape index (κ3) is 3.75. The average Bonchev–Trinajstić information content (AvgIpc) is 3.35. The summed E-state index contributed by atoms with van der Waals surface area (Å²) in [6.07, 6.45) is 6.31. The number of carbonyl (C=O) groups is 1. The molecule has 4 heteroatoms. The first-order valence-electron chi connectivity index (χ1n) is 10.00. The average molecular weight is 342 g/mol. The molecule has 1 aromatic carbocycles. The number of aliphatic hydroxyl groups excluding tert-OH is 1. The number of rotatable bonds is 5. The fraction of sp³-hybridized carbons (Fsp3) is 0.667. The Morgan fingerprint density at radius 1 is 0.920 bits per heavy atom. The van der Waals surface area contributed by atoms with Gasteiger partial charge < -0.3 is 10.0 Å². The first kappa shape index (κ1) is 17.0. The summed E-state index contributed by atoms with van der Waals surface area (Å²) < 4.78 is 0. The van der Waals surface area contributed by atoms with Crippen molar-refractivity contribution in [2.45, 2.75) is 50.7 Å². The fourth-order valence-corrected chi connectivity index (χ4v) is 4.63. The molecule has 0 aromatic heterocycles. The van der Waals surface area contributed by atoms with Gasteiger partial charge in [-0.15, -0.1) is 0 Å². The van der Waals surface area contributed by atoms with Crippen LogP contribution in [0.3, 0.4) is 0 Å². The highest BCUT2D eigenvalue weighted by molar-refractivity contribution is 5.82. The van der Waals surface area contributed by atoms with Crippen molar-refractivity contribution < 1.29 is 9.90 Å². The van der Waals surface area contributed by atoms with Gasteiger partial charge in [-0.3, -0.25) is 9.69 Å². The summed E-state index contributed by atoms with van der Waals surface area (Å²) in [5.41, 5.74) is 1.00. The predicted octanol–water partition coefficient (Wildman–Crippen LogP) is 2.83. The maximum absolute atomic E-state index is 13.1. The van der Waals surface area contributed by atoms with Gasteiger partial charge in [0.15, 0.2) is 0 Å². The first-order valence-corrected chi connectivity index (χ1v) is 10.00. The van der Waals surface area contributed by atoms with Crippen LogP contribution in [0.2, 0.25) is 0 Å². The summed E-state index contributed by atoms with van der Waals surface area (Å²) in [6, 6.07) is 10.1. The van der Waals surface area contributed by atoms with Crippen molar-refractivity contribution in [3.8, 4) is 0 Å². The Morgan fingerprint density at radius 3 is 2.16 bits per heavy atom. The molecule has 2 atom stereocenters. The SMILES string of the molecule is O=C(C(C1CC1)N1CCCC1)N1CCC(C(O)c2ccccc2)CC1. The van der Waals surface area contributed by atoms with Crippen LogP contribution in [0.4, 0.5) is 0 Å². The summed E-state index contributed by atoms with van der Waals surface area (Å²) in [5.74, 6) is 1.22. The number of likely N-dealkylation sites (tertiary alicyclic amines) is 2. The van der Waals surface area contributed by atoms with Gasteiger partial charge in [0.1, 0.15) is 0 Å². The molecule has 136 valence electrons. The zero-order valence-electron chi connectivity index (χ0n) is 15.0. The summed E-state index contributed by atoms with van der Waals surface area (Å²) in [6.45, 7) is 3.78. The molecule has 2 unspecified atom stereocenters. The quantitative estimate of drug-likeness (QED) is 0.895. The Kier molecular flexibility index (Phi) is 5.09. The van der Waals surface area contributed by atoms with E-state index < -0.39 is 6.10 Å². The molecular formula is C21H30N2O2. The van der Waals surface area contributed by atoms with Gasteiger partial charge in [-0.05, 0) is 69.0 Å². The predicted molar refractivity (Wildman–Crippen MR) is 98.0 cm³/mol. The van der Waals surface area contributed by atoms with Gasteiger partial charge >= 0.3 is 0 Å². The van der Waals surface area contributed by atoms with Crippen molar-refractivity contribution >= 4 is 5.91 Å². The number of carbonyl (C=O) groups excluding carboxylic acids is 1. The maximum Gasteiger partial charge on any atom is 0.240 e. The second kappa shape index (κ2) is 7.46.